The zero-order chi connectivity index (χ0) is 16.8. The first-order valence-corrected chi connectivity index (χ1v) is 10.6. The molecule has 2 atom stereocenters. The van der Waals surface area contributed by atoms with Gasteiger partial charge in [0.2, 0.25) is 5.91 Å². The molecule has 0 saturated heterocycles. The maximum atomic E-state index is 12.3. The maximum absolute atomic E-state index is 12.3. The number of carbonyl (C=O) groups excluding carboxylic acids is 1. The minimum atomic E-state index is 0.101. The summed E-state index contributed by atoms with van der Waals surface area (Å²) in [5, 5.41) is 3.87. The molecular formula is C18H24BrN3OS. The first kappa shape index (κ1) is 16.8. The molecular weight excluding hydrogens is 386 g/mol. The van der Waals surface area contributed by atoms with Crippen LogP contribution in [-0.4, -0.2) is 32.5 Å². The summed E-state index contributed by atoms with van der Waals surface area (Å²) in [7, 11) is 0. The van der Waals surface area contributed by atoms with Gasteiger partial charge in [-0.3, -0.25) is 4.79 Å². The van der Waals surface area contributed by atoms with Crippen molar-refractivity contribution in [3.05, 3.63) is 18.0 Å². The average Bonchev–Trinajstić information content (AvgIpc) is 2.50. The number of hydrogen-bond donors (Lipinski definition) is 1. The Bertz CT molecular complexity index is 622. The Morgan fingerprint density at radius 2 is 1.96 bits per heavy atom. The quantitative estimate of drug-likeness (QED) is 0.457. The number of aryl methyl sites for hydroxylation is 1. The summed E-state index contributed by atoms with van der Waals surface area (Å²) in [5.41, 5.74) is 1.36. The second-order valence-electron chi connectivity index (χ2n) is 8.22. The fourth-order valence-electron chi connectivity index (χ4n) is 5.47. The molecule has 0 spiro atoms. The van der Waals surface area contributed by atoms with E-state index in [4.69, 9.17) is 0 Å². The number of nitrogens with one attached hydrogen (secondary N) is 1. The zero-order valence-corrected chi connectivity index (χ0v) is 16.5. The smallest absolute Gasteiger partial charge is 0.230 e. The van der Waals surface area contributed by atoms with Gasteiger partial charge >= 0.3 is 0 Å². The minimum absolute atomic E-state index is 0.101. The Kier molecular flexibility index (Phi) is 4.40. The van der Waals surface area contributed by atoms with Gasteiger partial charge in [0.05, 0.1) is 5.75 Å². The maximum Gasteiger partial charge on any atom is 0.230 e. The Balaban J connectivity index is 1.30. The molecule has 2 unspecified atom stereocenters. The number of halogens is 1. The van der Waals surface area contributed by atoms with Crippen molar-refractivity contribution in [1.29, 1.82) is 0 Å². The van der Waals surface area contributed by atoms with Crippen molar-refractivity contribution >= 4 is 33.6 Å². The van der Waals surface area contributed by atoms with Gasteiger partial charge in [-0.2, -0.15) is 0 Å². The van der Waals surface area contributed by atoms with Crippen LogP contribution in [0.1, 0.15) is 44.1 Å². The average molecular weight is 410 g/mol. The third kappa shape index (κ3) is 3.50. The van der Waals surface area contributed by atoms with Gasteiger partial charge in [-0.05, 0) is 68.3 Å². The molecule has 1 aromatic rings. The number of rotatable bonds is 5. The molecule has 5 rings (SSSR count). The normalized spacial score (nSPS) is 36.8. The molecule has 4 fully saturated rings. The van der Waals surface area contributed by atoms with E-state index in [9.17, 15) is 4.79 Å². The first-order valence-electron chi connectivity index (χ1n) is 8.81. The highest BCUT2D eigenvalue weighted by atomic mass is 79.9. The lowest BCUT2D eigenvalue weighted by atomic mass is 9.49. The summed E-state index contributed by atoms with van der Waals surface area (Å²) in [4.78, 5) is 20.7. The van der Waals surface area contributed by atoms with Crippen LogP contribution in [0.15, 0.2) is 17.6 Å². The molecule has 6 heteroatoms. The van der Waals surface area contributed by atoms with E-state index in [-0.39, 0.29) is 5.91 Å². The van der Waals surface area contributed by atoms with E-state index in [1.54, 1.807) is 12.4 Å². The largest absolute Gasteiger partial charge is 0.355 e. The summed E-state index contributed by atoms with van der Waals surface area (Å²) >= 11 is 5.44. The Morgan fingerprint density at radius 3 is 2.58 bits per heavy atom. The summed E-state index contributed by atoms with van der Waals surface area (Å²) in [6.45, 7) is 2.80. The Hall–Kier alpha value is -0.620. The van der Waals surface area contributed by atoms with Crippen molar-refractivity contribution < 1.29 is 4.79 Å². The van der Waals surface area contributed by atoms with Gasteiger partial charge in [-0.1, -0.05) is 27.7 Å². The van der Waals surface area contributed by atoms with Gasteiger partial charge < -0.3 is 5.32 Å². The molecule has 4 nitrogen and oxygen atoms in total. The fraction of sp³-hybridized carbons (Fsp3) is 0.722. The number of carbonyl (C=O) groups is 1. The first-order chi connectivity index (χ1) is 11.4. The van der Waals surface area contributed by atoms with Crippen LogP contribution in [0.5, 0.6) is 0 Å². The van der Waals surface area contributed by atoms with Crippen molar-refractivity contribution in [1.82, 2.24) is 15.3 Å². The van der Waals surface area contributed by atoms with E-state index >= 15 is 0 Å². The third-order valence-electron chi connectivity index (χ3n) is 5.86. The molecule has 130 valence electrons. The minimum Gasteiger partial charge on any atom is -0.355 e. The lowest BCUT2D eigenvalue weighted by Gasteiger charge is -2.60. The van der Waals surface area contributed by atoms with E-state index in [0.717, 1.165) is 23.9 Å². The monoisotopic (exact) mass is 409 g/mol. The number of amides is 1. The molecule has 4 bridgehead atoms. The van der Waals surface area contributed by atoms with Crippen molar-refractivity contribution in [2.45, 2.75) is 54.9 Å². The zero-order valence-electron chi connectivity index (χ0n) is 14.1. The van der Waals surface area contributed by atoms with Crippen LogP contribution >= 0.6 is 27.7 Å². The second-order valence-corrected chi connectivity index (χ2v) is 10.8. The molecule has 0 aliphatic heterocycles. The third-order valence-corrected chi connectivity index (χ3v) is 7.66. The van der Waals surface area contributed by atoms with Gasteiger partial charge in [0.25, 0.3) is 0 Å². The van der Waals surface area contributed by atoms with Crippen LogP contribution < -0.4 is 5.32 Å². The van der Waals surface area contributed by atoms with Crippen LogP contribution in [0.4, 0.5) is 0 Å². The second kappa shape index (κ2) is 6.27. The molecule has 4 aliphatic carbocycles. The summed E-state index contributed by atoms with van der Waals surface area (Å²) < 4.78 is 0.353. The van der Waals surface area contributed by atoms with Crippen LogP contribution in [0.2, 0.25) is 0 Å². The number of nitrogens with zero attached hydrogens (tertiary/aromatic N) is 2. The van der Waals surface area contributed by atoms with Crippen molar-refractivity contribution in [3.8, 4) is 0 Å². The molecule has 1 amide bonds. The molecule has 4 aliphatic rings. The SMILES string of the molecule is Cc1cnc(SCC(=O)NCC23CC4CC(CC(Br)(C4)C2)C3)nc1. The fourth-order valence-corrected chi connectivity index (χ4v) is 7.59. The predicted octanol–water partition coefficient (Wildman–Crippen LogP) is 3.73. The molecule has 1 heterocycles. The van der Waals surface area contributed by atoms with Gasteiger partial charge in [-0.25, -0.2) is 9.97 Å². The van der Waals surface area contributed by atoms with E-state index in [0.29, 0.717) is 20.6 Å². The van der Waals surface area contributed by atoms with E-state index in [1.165, 1.54) is 50.3 Å². The van der Waals surface area contributed by atoms with Gasteiger partial charge in [0.1, 0.15) is 0 Å². The van der Waals surface area contributed by atoms with E-state index in [2.05, 4.69) is 31.2 Å². The molecule has 24 heavy (non-hydrogen) atoms. The van der Waals surface area contributed by atoms with Crippen LogP contribution in [0, 0.1) is 24.2 Å². The molecule has 4 saturated carbocycles. The van der Waals surface area contributed by atoms with Crippen LogP contribution in [0.3, 0.4) is 0 Å². The Labute approximate surface area is 156 Å². The van der Waals surface area contributed by atoms with Crippen molar-refractivity contribution in [3.63, 3.8) is 0 Å². The molecule has 1 N–H and O–H groups in total. The van der Waals surface area contributed by atoms with Gasteiger partial charge in [0.15, 0.2) is 5.16 Å². The lowest BCUT2D eigenvalue weighted by molar-refractivity contribution is -0.120. The van der Waals surface area contributed by atoms with Crippen LogP contribution in [-0.2, 0) is 4.79 Å². The topological polar surface area (TPSA) is 54.9 Å². The lowest BCUT2D eigenvalue weighted by Crippen LogP contribution is -2.56. The summed E-state index contributed by atoms with van der Waals surface area (Å²) in [6.07, 6.45) is 11.5. The molecule has 0 aromatic carbocycles. The Morgan fingerprint density at radius 1 is 1.29 bits per heavy atom. The van der Waals surface area contributed by atoms with Gasteiger partial charge in [-0.15, -0.1) is 0 Å². The number of thioether (sulfide) groups is 1. The molecule has 1 aromatic heterocycles. The molecule has 0 radical (unpaired) electrons. The van der Waals surface area contributed by atoms with E-state index < -0.39 is 0 Å². The highest BCUT2D eigenvalue weighted by Gasteiger charge is 2.56. The van der Waals surface area contributed by atoms with Crippen molar-refractivity contribution in [2.24, 2.45) is 17.3 Å². The predicted molar refractivity (Wildman–Crippen MR) is 99.3 cm³/mol. The van der Waals surface area contributed by atoms with E-state index in [1.807, 2.05) is 6.92 Å². The highest BCUT2D eigenvalue weighted by molar-refractivity contribution is 9.10. The summed E-state index contributed by atoms with van der Waals surface area (Å²) in [5.74, 6) is 2.21. The number of hydrogen-bond acceptors (Lipinski definition) is 4. The highest BCUT2D eigenvalue weighted by Crippen LogP contribution is 2.64. The summed E-state index contributed by atoms with van der Waals surface area (Å²) in [6, 6.07) is 0. The van der Waals surface area contributed by atoms with Crippen molar-refractivity contribution in [2.75, 3.05) is 12.3 Å². The van der Waals surface area contributed by atoms with Gasteiger partial charge in [0, 0.05) is 23.3 Å². The standard InChI is InChI=1S/C18H24BrN3OS/c1-12-7-20-16(21-8-12)24-9-15(23)22-11-17-3-13-2-14(4-17)6-18(19,5-13)10-17/h7-8,13-14H,2-6,9-11H2,1H3,(H,22,23). The number of alkyl halides is 1. The van der Waals surface area contributed by atoms with Crippen LogP contribution in [0.25, 0.3) is 0 Å². The number of aromatic nitrogens is 2.